The van der Waals surface area contributed by atoms with E-state index in [-0.39, 0.29) is 36.2 Å². The highest BCUT2D eigenvalue weighted by atomic mass is 35.5. The van der Waals surface area contributed by atoms with Gasteiger partial charge in [0.25, 0.3) is 0 Å². The number of nitrogens with zero attached hydrogens (tertiary/aromatic N) is 3. The van der Waals surface area contributed by atoms with Crippen molar-refractivity contribution in [2.24, 2.45) is 5.92 Å². The lowest BCUT2D eigenvalue weighted by Crippen LogP contribution is -2.27. The first kappa shape index (κ1) is 24.1. The van der Waals surface area contributed by atoms with Gasteiger partial charge in [-0.2, -0.15) is 15.0 Å². The van der Waals surface area contributed by atoms with Gasteiger partial charge in [-0.1, -0.05) is 32.4 Å². The molecule has 30 heavy (non-hydrogen) atoms. The predicted octanol–water partition coefficient (Wildman–Crippen LogP) is 2.77. The second-order valence-corrected chi connectivity index (χ2v) is 9.92. The third-order valence-corrected chi connectivity index (χ3v) is 5.07. The van der Waals surface area contributed by atoms with E-state index in [1.807, 2.05) is 20.8 Å². The van der Waals surface area contributed by atoms with Crippen molar-refractivity contribution in [3.05, 3.63) is 34.6 Å². The molecule has 0 fully saturated rings. The molecule has 0 aliphatic heterocycles. The quantitative estimate of drug-likeness (QED) is 0.427. The summed E-state index contributed by atoms with van der Waals surface area (Å²) in [6, 6.07) is 4.49. The van der Waals surface area contributed by atoms with E-state index in [4.69, 9.17) is 11.6 Å². The molecule has 0 radical (unpaired) electrons. The number of aromatic nitrogens is 3. The fourth-order valence-electron chi connectivity index (χ4n) is 3.02. The van der Waals surface area contributed by atoms with Crippen LogP contribution in [-0.2, 0) is 16.4 Å². The minimum Gasteiger partial charge on any atom is -0.508 e. The van der Waals surface area contributed by atoms with Crippen molar-refractivity contribution in [3.63, 3.8) is 0 Å². The third kappa shape index (κ3) is 7.58. The first-order valence-electron chi connectivity index (χ1n) is 9.55. The lowest BCUT2D eigenvalue weighted by Gasteiger charge is -2.19. The van der Waals surface area contributed by atoms with Gasteiger partial charge in [0.05, 0.1) is 18.9 Å². The average Bonchev–Trinajstić information content (AvgIpc) is 2.61. The lowest BCUT2D eigenvalue weighted by molar-refractivity contribution is 0.259. The van der Waals surface area contributed by atoms with Crippen molar-refractivity contribution in [3.8, 4) is 5.75 Å². The zero-order chi connectivity index (χ0) is 22.5. The number of halogens is 1. The summed E-state index contributed by atoms with van der Waals surface area (Å²) < 4.78 is 25.6. The van der Waals surface area contributed by atoms with Crippen LogP contribution >= 0.6 is 11.6 Å². The Labute approximate surface area is 182 Å². The van der Waals surface area contributed by atoms with Gasteiger partial charge in [0.1, 0.15) is 11.6 Å². The summed E-state index contributed by atoms with van der Waals surface area (Å²) >= 11 is 6.04. The lowest BCUT2D eigenvalue weighted by atomic mass is 9.96. The maximum Gasteiger partial charge on any atom is 0.241 e. The highest BCUT2D eigenvalue weighted by Gasteiger charge is 2.18. The van der Waals surface area contributed by atoms with Crippen molar-refractivity contribution in [1.29, 1.82) is 0 Å². The van der Waals surface area contributed by atoms with Gasteiger partial charge in [0, 0.05) is 11.4 Å². The number of aliphatic hydroxyl groups is 1. The first-order valence-corrected chi connectivity index (χ1v) is 11.8. The van der Waals surface area contributed by atoms with Gasteiger partial charge in [0.15, 0.2) is 0 Å². The summed E-state index contributed by atoms with van der Waals surface area (Å²) in [7, 11) is -3.59. The molecule has 0 spiro atoms. The summed E-state index contributed by atoms with van der Waals surface area (Å²) in [5, 5.41) is 23.3. The molecule has 166 valence electrons. The number of hydrogen-bond donors (Lipinski definition) is 4. The molecule has 0 saturated carbocycles. The number of aromatic hydroxyl groups is 1. The van der Waals surface area contributed by atoms with E-state index in [9.17, 15) is 18.6 Å². The van der Waals surface area contributed by atoms with Crippen molar-refractivity contribution < 1.29 is 18.6 Å². The number of anilines is 2. The van der Waals surface area contributed by atoms with Crippen LogP contribution in [0.15, 0.2) is 18.2 Å². The summed E-state index contributed by atoms with van der Waals surface area (Å²) in [5.74, 6) is 0.602. The minimum atomic E-state index is -3.59. The topological polar surface area (TPSA) is 137 Å². The van der Waals surface area contributed by atoms with Gasteiger partial charge >= 0.3 is 0 Å². The van der Waals surface area contributed by atoms with E-state index < -0.39 is 10.0 Å². The first-order chi connectivity index (χ1) is 14.0. The van der Waals surface area contributed by atoms with Gasteiger partial charge in [0.2, 0.25) is 21.9 Å². The monoisotopic (exact) mass is 457 g/mol. The summed E-state index contributed by atoms with van der Waals surface area (Å²) in [5.41, 5.74) is 0.628. The molecule has 1 heterocycles. The van der Waals surface area contributed by atoms with Gasteiger partial charge in [-0.25, -0.2) is 8.42 Å². The largest absolute Gasteiger partial charge is 0.508 e. The molecule has 0 amide bonds. The molecule has 9 nitrogen and oxygen atoms in total. The van der Waals surface area contributed by atoms with Gasteiger partial charge in [-0.05, 0) is 42.0 Å². The Morgan fingerprint density at radius 1 is 1.13 bits per heavy atom. The molecule has 2 rings (SSSR count). The molecule has 4 N–H and O–H groups in total. The normalized spacial score (nSPS) is 13.8. The number of phenolic OH excluding ortho intramolecular Hbond substituents is 1. The summed E-state index contributed by atoms with van der Waals surface area (Å²) in [4.78, 5) is 12.7. The number of rotatable bonds is 10. The zero-order valence-corrected chi connectivity index (χ0v) is 19.0. The average molecular weight is 458 g/mol. The standard InChI is InChI=1S/C19H28ClN5O4S/c1-11(2)7-14(10-26)21-18-22-17(23-19(24-18)25-30(4,28)29)8-12(3)15-9-13(20)5-6-16(15)27/h5-6,9,11-12,14,26-27H,7-8,10H2,1-4H3,(H2,21,22,23,24,25)/t12?,14-/m1/s1. The van der Waals surface area contributed by atoms with Gasteiger partial charge in [-0.3, -0.25) is 4.72 Å². The molecule has 0 bridgehead atoms. The molecular weight excluding hydrogens is 430 g/mol. The Bertz CT molecular complexity index is 971. The van der Waals surface area contributed by atoms with Crippen molar-refractivity contribution >= 4 is 33.5 Å². The molecule has 2 atom stereocenters. The van der Waals surface area contributed by atoms with Crippen molar-refractivity contribution in [2.75, 3.05) is 22.9 Å². The molecule has 0 aliphatic rings. The van der Waals surface area contributed by atoms with E-state index in [1.54, 1.807) is 12.1 Å². The second kappa shape index (κ2) is 10.2. The smallest absolute Gasteiger partial charge is 0.241 e. The SMILES string of the molecule is CC(C)C[C@H](CO)Nc1nc(CC(C)c2cc(Cl)ccc2O)nc(NS(C)(=O)=O)n1. The Kier molecular flexibility index (Phi) is 8.22. The van der Waals surface area contributed by atoms with E-state index >= 15 is 0 Å². The highest BCUT2D eigenvalue weighted by molar-refractivity contribution is 7.91. The maximum atomic E-state index is 11.7. The van der Waals surface area contributed by atoms with Crippen LogP contribution in [-0.4, -0.2) is 52.5 Å². The van der Waals surface area contributed by atoms with Crippen LogP contribution in [0.2, 0.25) is 5.02 Å². The summed E-state index contributed by atoms with van der Waals surface area (Å²) in [6.07, 6.45) is 1.99. The van der Waals surface area contributed by atoms with Crippen LogP contribution in [0.25, 0.3) is 0 Å². The van der Waals surface area contributed by atoms with Crippen LogP contribution in [0, 0.1) is 5.92 Å². The Morgan fingerprint density at radius 2 is 1.80 bits per heavy atom. The zero-order valence-electron chi connectivity index (χ0n) is 17.4. The number of aliphatic hydroxyl groups excluding tert-OH is 1. The van der Waals surface area contributed by atoms with Crippen LogP contribution in [0.1, 0.15) is 44.5 Å². The van der Waals surface area contributed by atoms with Crippen LogP contribution in [0.5, 0.6) is 5.75 Å². The second-order valence-electron chi connectivity index (χ2n) is 7.73. The number of sulfonamides is 1. The van der Waals surface area contributed by atoms with Crippen LogP contribution in [0.3, 0.4) is 0 Å². The number of benzene rings is 1. The number of hydrogen-bond acceptors (Lipinski definition) is 8. The van der Waals surface area contributed by atoms with Gasteiger partial charge < -0.3 is 15.5 Å². The van der Waals surface area contributed by atoms with Gasteiger partial charge in [-0.15, -0.1) is 0 Å². The Balaban J connectivity index is 2.34. The molecule has 2 aromatic rings. The van der Waals surface area contributed by atoms with Crippen molar-refractivity contribution in [1.82, 2.24) is 15.0 Å². The Morgan fingerprint density at radius 3 is 2.40 bits per heavy atom. The molecule has 0 saturated heterocycles. The molecule has 1 unspecified atom stereocenters. The third-order valence-electron chi connectivity index (χ3n) is 4.28. The van der Waals surface area contributed by atoms with Crippen LogP contribution < -0.4 is 10.0 Å². The molecular formula is C19H28ClN5O4S. The van der Waals surface area contributed by atoms with E-state index in [2.05, 4.69) is 25.0 Å². The minimum absolute atomic E-state index is 0.103. The summed E-state index contributed by atoms with van der Waals surface area (Å²) in [6.45, 7) is 5.81. The fraction of sp³-hybridized carbons (Fsp3) is 0.526. The molecule has 0 aliphatic carbocycles. The fourth-order valence-corrected chi connectivity index (χ4v) is 3.63. The molecule has 11 heteroatoms. The number of nitrogens with one attached hydrogen (secondary N) is 2. The number of phenols is 1. The van der Waals surface area contributed by atoms with Crippen LogP contribution in [0.4, 0.5) is 11.9 Å². The predicted molar refractivity (Wildman–Crippen MR) is 117 cm³/mol. The maximum absolute atomic E-state index is 11.7. The van der Waals surface area contributed by atoms with E-state index in [1.165, 1.54) is 6.07 Å². The van der Waals surface area contributed by atoms with E-state index in [0.29, 0.717) is 35.2 Å². The van der Waals surface area contributed by atoms with E-state index in [0.717, 1.165) is 6.26 Å². The highest BCUT2D eigenvalue weighted by Crippen LogP contribution is 2.30. The molecule has 1 aromatic heterocycles. The molecule has 1 aromatic carbocycles. The Hall–Kier alpha value is -2.17. The van der Waals surface area contributed by atoms with Crippen molar-refractivity contribution in [2.45, 2.75) is 45.6 Å².